The lowest BCUT2D eigenvalue weighted by molar-refractivity contribution is -0.137. The van der Waals surface area contributed by atoms with Gasteiger partial charge in [-0.2, -0.15) is 0 Å². The van der Waals surface area contributed by atoms with Crippen LogP contribution >= 0.6 is 0 Å². The summed E-state index contributed by atoms with van der Waals surface area (Å²) >= 11 is 0. The lowest BCUT2D eigenvalue weighted by Gasteiger charge is -2.33. The third kappa shape index (κ3) is 4.27. The molecule has 0 bridgehead atoms. The number of carbonyl (C=O) groups excluding carboxylic acids is 2. The first-order chi connectivity index (χ1) is 14.8. The van der Waals surface area contributed by atoms with Crippen LogP contribution in [0.4, 0.5) is 4.39 Å². The van der Waals surface area contributed by atoms with E-state index in [0.29, 0.717) is 23.6 Å². The fourth-order valence-electron chi connectivity index (χ4n) is 4.50. The zero-order valence-electron chi connectivity index (χ0n) is 18.5. The van der Waals surface area contributed by atoms with Crippen molar-refractivity contribution in [1.29, 1.82) is 0 Å². The van der Waals surface area contributed by atoms with Gasteiger partial charge in [0, 0.05) is 19.6 Å². The van der Waals surface area contributed by atoms with Crippen LogP contribution in [-0.2, 0) is 16.0 Å². The van der Waals surface area contributed by atoms with E-state index < -0.39 is 0 Å². The van der Waals surface area contributed by atoms with Crippen LogP contribution in [-0.4, -0.2) is 41.2 Å². The Bertz CT molecular complexity index is 1040. The van der Waals surface area contributed by atoms with Gasteiger partial charge < -0.3 is 4.90 Å². The van der Waals surface area contributed by atoms with Crippen LogP contribution in [0.1, 0.15) is 42.0 Å². The minimum absolute atomic E-state index is 0.213. The predicted molar refractivity (Wildman–Crippen MR) is 120 cm³/mol. The Balaban J connectivity index is 1.67. The van der Waals surface area contributed by atoms with E-state index in [-0.39, 0.29) is 24.2 Å². The number of piperidine rings is 1. The normalized spacial score (nSPS) is 19.5. The molecule has 5 heteroatoms. The molecule has 31 heavy (non-hydrogen) atoms. The number of likely N-dealkylation sites (tertiary alicyclic amines) is 1. The monoisotopic (exact) mass is 420 g/mol. The number of halogens is 1. The van der Waals surface area contributed by atoms with Crippen LogP contribution in [0.5, 0.6) is 0 Å². The Labute approximate surface area is 183 Å². The van der Waals surface area contributed by atoms with Crippen LogP contribution in [0.2, 0.25) is 0 Å². The van der Waals surface area contributed by atoms with Crippen molar-refractivity contribution in [3.63, 3.8) is 0 Å². The van der Waals surface area contributed by atoms with Gasteiger partial charge in [-0.3, -0.25) is 14.5 Å². The van der Waals surface area contributed by atoms with Gasteiger partial charge in [0.25, 0.3) is 11.8 Å². The molecule has 1 unspecified atom stereocenters. The van der Waals surface area contributed by atoms with Crippen molar-refractivity contribution < 1.29 is 14.0 Å². The molecule has 2 amide bonds. The average molecular weight is 421 g/mol. The molecule has 2 aromatic rings. The highest BCUT2D eigenvalue weighted by atomic mass is 19.1. The summed E-state index contributed by atoms with van der Waals surface area (Å²) < 4.78 is 13.2. The van der Waals surface area contributed by atoms with E-state index in [1.807, 2.05) is 32.0 Å². The van der Waals surface area contributed by atoms with Crippen molar-refractivity contribution in [1.82, 2.24) is 9.80 Å². The molecule has 0 radical (unpaired) electrons. The molecular weight excluding hydrogens is 391 g/mol. The van der Waals surface area contributed by atoms with Crippen molar-refractivity contribution >= 4 is 17.4 Å². The van der Waals surface area contributed by atoms with E-state index in [9.17, 15) is 14.0 Å². The topological polar surface area (TPSA) is 40.6 Å². The Kier molecular flexibility index (Phi) is 5.94. The summed E-state index contributed by atoms with van der Waals surface area (Å²) in [6, 6.07) is 12.2. The molecule has 0 spiro atoms. The number of hydrogen-bond acceptors (Lipinski definition) is 3. The minimum atomic E-state index is -0.294. The van der Waals surface area contributed by atoms with Gasteiger partial charge in [0.2, 0.25) is 0 Å². The van der Waals surface area contributed by atoms with Gasteiger partial charge in [0.15, 0.2) is 0 Å². The maximum atomic E-state index is 13.5. The minimum Gasteiger partial charge on any atom is -0.366 e. The first kappa shape index (κ1) is 21.3. The Hall–Kier alpha value is -2.95. The molecule has 2 aliphatic rings. The largest absolute Gasteiger partial charge is 0.366 e. The Morgan fingerprint density at radius 3 is 2.42 bits per heavy atom. The molecule has 2 heterocycles. The summed E-state index contributed by atoms with van der Waals surface area (Å²) in [5.41, 5.74) is 5.01. The molecule has 0 aliphatic carbocycles. The maximum Gasteiger partial charge on any atom is 0.277 e. The molecule has 1 atom stereocenters. The Morgan fingerprint density at radius 1 is 1.00 bits per heavy atom. The first-order valence-corrected chi connectivity index (χ1v) is 11.0. The van der Waals surface area contributed by atoms with Crippen LogP contribution in [0.25, 0.3) is 5.57 Å². The maximum absolute atomic E-state index is 13.5. The molecule has 0 N–H and O–H groups in total. The molecule has 4 rings (SSSR count). The van der Waals surface area contributed by atoms with E-state index in [4.69, 9.17) is 0 Å². The van der Waals surface area contributed by atoms with Gasteiger partial charge in [-0.1, -0.05) is 37.3 Å². The predicted octanol–water partition coefficient (Wildman–Crippen LogP) is 4.50. The smallest absolute Gasteiger partial charge is 0.277 e. The summed E-state index contributed by atoms with van der Waals surface area (Å²) in [5, 5.41) is 0. The van der Waals surface area contributed by atoms with Crippen molar-refractivity contribution in [2.24, 2.45) is 5.92 Å². The van der Waals surface area contributed by atoms with Gasteiger partial charge in [0.05, 0.1) is 5.57 Å². The molecule has 0 saturated carbocycles. The lowest BCUT2D eigenvalue weighted by atomic mass is 9.96. The van der Waals surface area contributed by atoms with Crippen LogP contribution in [0.3, 0.4) is 0 Å². The van der Waals surface area contributed by atoms with E-state index in [2.05, 4.69) is 11.8 Å². The molecule has 4 nitrogen and oxygen atoms in total. The molecule has 2 aromatic carbocycles. The van der Waals surface area contributed by atoms with E-state index in [0.717, 1.165) is 48.2 Å². The highest BCUT2D eigenvalue weighted by Gasteiger charge is 2.42. The molecule has 1 saturated heterocycles. The molecule has 0 aromatic heterocycles. The zero-order chi connectivity index (χ0) is 22.1. The van der Waals surface area contributed by atoms with Gasteiger partial charge >= 0.3 is 0 Å². The quantitative estimate of drug-likeness (QED) is 0.669. The number of hydrogen-bond donors (Lipinski definition) is 0. The van der Waals surface area contributed by atoms with Crippen LogP contribution in [0, 0.1) is 25.6 Å². The fourth-order valence-corrected chi connectivity index (χ4v) is 4.50. The summed E-state index contributed by atoms with van der Waals surface area (Å²) in [6.45, 7) is 8.11. The van der Waals surface area contributed by atoms with Gasteiger partial charge in [-0.25, -0.2) is 4.39 Å². The van der Waals surface area contributed by atoms with Crippen molar-refractivity contribution in [2.75, 3.05) is 19.6 Å². The third-order valence-corrected chi connectivity index (χ3v) is 6.45. The second-order valence-corrected chi connectivity index (χ2v) is 8.85. The van der Waals surface area contributed by atoms with Crippen molar-refractivity contribution in [2.45, 2.75) is 40.0 Å². The van der Waals surface area contributed by atoms with Gasteiger partial charge in [-0.15, -0.1) is 0 Å². The molecule has 1 fully saturated rings. The summed E-state index contributed by atoms with van der Waals surface area (Å²) in [6.07, 6.45) is 2.66. The van der Waals surface area contributed by atoms with Crippen LogP contribution in [0.15, 0.2) is 48.2 Å². The highest BCUT2D eigenvalue weighted by Crippen LogP contribution is 2.34. The second-order valence-electron chi connectivity index (χ2n) is 8.85. The lowest BCUT2D eigenvalue weighted by Crippen LogP contribution is -2.39. The zero-order valence-corrected chi connectivity index (χ0v) is 18.5. The third-order valence-electron chi connectivity index (χ3n) is 6.45. The number of amides is 2. The fraction of sp³-hybridized carbons (Fsp3) is 0.385. The van der Waals surface area contributed by atoms with Gasteiger partial charge in [0.1, 0.15) is 11.5 Å². The number of aryl methyl sites for hydroxylation is 2. The van der Waals surface area contributed by atoms with Crippen LogP contribution < -0.4 is 0 Å². The highest BCUT2D eigenvalue weighted by molar-refractivity contribution is 6.35. The van der Waals surface area contributed by atoms with E-state index >= 15 is 0 Å². The summed E-state index contributed by atoms with van der Waals surface area (Å²) in [4.78, 5) is 30.4. The standard InChI is InChI=1S/C26H29FN2O2/c1-17-5-4-13-28(16-17)24-23(21-9-6-18(2)19(3)15-21)25(30)29(26(24)31)14-12-20-7-10-22(27)11-8-20/h6-11,15,17H,4-5,12-14,16H2,1-3H3. The first-order valence-electron chi connectivity index (χ1n) is 11.0. The number of nitrogens with zero attached hydrogens (tertiary/aromatic N) is 2. The molecular formula is C26H29FN2O2. The Morgan fingerprint density at radius 2 is 1.74 bits per heavy atom. The summed E-state index contributed by atoms with van der Waals surface area (Å²) in [7, 11) is 0. The van der Waals surface area contributed by atoms with E-state index in [1.54, 1.807) is 12.1 Å². The second kappa shape index (κ2) is 8.66. The SMILES string of the molecule is Cc1ccc(C2=C(N3CCCC(C)C3)C(=O)N(CCc3ccc(F)cc3)C2=O)cc1C. The van der Waals surface area contributed by atoms with Gasteiger partial charge in [-0.05, 0) is 73.4 Å². The molecule has 162 valence electrons. The van der Waals surface area contributed by atoms with Crippen molar-refractivity contribution in [3.8, 4) is 0 Å². The number of benzene rings is 2. The summed E-state index contributed by atoms with van der Waals surface area (Å²) in [5.74, 6) is -0.256. The van der Waals surface area contributed by atoms with E-state index in [1.165, 1.54) is 17.0 Å². The van der Waals surface area contributed by atoms with Crippen molar-refractivity contribution in [3.05, 3.63) is 76.2 Å². The number of carbonyl (C=O) groups is 2. The number of rotatable bonds is 5. The number of imide groups is 1. The molecule has 2 aliphatic heterocycles. The average Bonchev–Trinajstić information content (AvgIpc) is 2.99.